The highest BCUT2D eigenvalue weighted by Gasteiger charge is 2.19. The van der Waals surface area contributed by atoms with Crippen LogP contribution in [0.25, 0.3) is 10.6 Å². The van der Waals surface area contributed by atoms with Crippen molar-refractivity contribution >= 4 is 34.0 Å². The molecule has 2 aromatic carbocycles. The first-order valence-corrected chi connectivity index (χ1v) is 9.42. The van der Waals surface area contributed by atoms with Crippen LogP contribution in [0, 0.1) is 17.0 Å². The first kappa shape index (κ1) is 20.1. The highest BCUT2D eigenvalue weighted by atomic mass is 32.1. The molecule has 1 aromatic heterocycles. The van der Waals surface area contributed by atoms with Crippen molar-refractivity contribution in [3.8, 4) is 10.6 Å². The van der Waals surface area contributed by atoms with E-state index < -0.39 is 22.8 Å². The summed E-state index contributed by atoms with van der Waals surface area (Å²) in [5.41, 5.74) is 1.87. The number of nitro groups is 1. The molecule has 10 heteroatoms. The van der Waals surface area contributed by atoms with Crippen molar-refractivity contribution in [1.29, 1.82) is 0 Å². The third-order valence-corrected chi connectivity index (χ3v) is 4.87. The molecule has 9 nitrogen and oxygen atoms in total. The fourth-order valence-electron chi connectivity index (χ4n) is 2.49. The molecule has 0 unspecified atom stereocenters. The molecule has 0 saturated heterocycles. The predicted octanol–water partition coefficient (Wildman–Crippen LogP) is 3.18. The van der Waals surface area contributed by atoms with Crippen molar-refractivity contribution in [2.45, 2.75) is 19.9 Å². The van der Waals surface area contributed by atoms with Gasteiger partial charge < -0.3 is 5.32 Å². The minimum absolute atomic E-state index is 0.0940. The highest BCUT2D eigenvalue weighted by molar-refractivity contribution is 7.18. The quantitative estimate of drug-likeness (QED) is 0.474. The molecule has 0 spiro atoms. The van der Waals surface area contributed by atoms with Gasteiger partial charge in [-0.2, -0.15) is 0 Å². The summed E-state index contributed by atoms with van der Waals surface area (Å²) < 4.78 is 0. The molecule has 0 fully saturated rings. The fourth-order valence-corrected chi connectivity index (χ4v) is 3.23. The monoisotopic (exact) mass is 411 g/mol. The normalized spacial score (nSPS) is 11.5. The molecule has 0 saturated carbocycles. The van der Waals surface area contributed by atoms with Gasteiger partial charge in [0.05, 0.1) is 4.92 Å². The summed E-state index contributed by atoms with van der Waals surface area (Å²) >= 11 is 1.22. The molecule has 1 atom stereocenters. The van der Waals surface area contributed by atoms with Crippen LogP contribution < -0.4 is 10.6 Å². The lowest BCUT2D eigenvalue weighted by molar-refractivity contribution is -0.384. The maximum Gasteiger partial charge on any atom is 0.270 e. The third-order valence-electron chi connectivity index (χ3n) is 3.98. The number of anilines is 1. The zero-order valence-electron chi connectivity index (χ0n) is 15.6. The minimum atomic E-state index is -0.881. The summed E-state index contributed by atoms with van der Waals surface area (Å²) in [4.78, 5) is 34.9. The van der Waals surface area contributed by atoms with Gasteiger partial charge in [0, 0.05) is 23.3 Å². The van der Waals surface area contributed by atoms with Crippen LogP contribution in [0.4, 0.5) is 10.8 Å². The van der Waals surface area contributed by atoms with Crippen molar-refractivity contribution in [3.63, 3.8) is 0 Å². The first-order valence-electron chi connectivity index (χ1n) is 8.60. The summed E-state index contributed by atoms with van der Waals surface area (Å²) in [7, 11) is 0. The van der Waals surface area contributed by atoms with E-state index in [1.54, 1.807) is 0 Å². The number of aryl methyl sites for hydroxylation is 1. The van der Waals surface area contributed by atoms with Crippen LogP contribution >= 0.6 is 11.3 Å². The van der Waals surface area contributed by atoms with Crippen LogP contribution in [0.15, 0.2) is 48.5 Å². The van der Waals surface area contributed by atoms with Gasteiger partial charge in [0.15, 0.2) is 0 Å². The van der Waals surface area contributed by atoms with Crippen molar-refractivity contribution in [2.24, 2.45) is 0 Å². The van der Waals surface area contributed by atoms with E-state index in [1.807, 2.05) is 31.2 Å². The number of nitro benzene ring substituents is 1. The van der Waals surface area contributed by atoms with Crippen molar-refractivity contribution in [2.75, 3.05) is 5.32 Å². The third kappa shape index (κ3) is 4.99. The van der Waals surface area contributed by atoms with Crippen LogP contribution in [0.3, 0.4) is 0 Å². The molecule has 2 amide bonds. The Morgan fingerprint density at radius 2 is 1.90 bits per heavy atom. The van der Waals surface area contributed by atoms with Crippen LogP contribution in [-0.4, -0.2) is 33.0 Å². The zero-order valence-corrected chi connectivity index (χ0v) is 16.4. The molecule has 0 bridgehead atoms. The molecule has 29 heavy (non-hydrogen) atoms. The Hall–Kier alpha value is -3.66. The van der Waals surface area contributed by atoms with Gasteiger partial charge in [-0.15, -0.1) is 10.2 Å². The van der Waals surface area contributed by atoms with Gasteiger partial charge in [0.2, 0.25) is 11.0 Å². The van der Waals surface area contributed by atoms with E-state index in [0.29, 0.717) is 10.1 Å². The summed E-state index contributed by atoms with van der Waals surface area (Å²) in [6, 6.07) is 12.2. The standard InChI is InChI=1S/C19H17N5O4S/c1-11-5-3-7-14(9-11)18-22-23-19(29-18)21-16(25)12(2)20-17(26)13-6-4-8-15(10-13)24(27)28/h3-10,12H,1-2H3,(H,20,26)(H,21,23,25)/t12-/m1/s1. The lowest BCUT2D eigenvalue weighted by Gasteiger charge is -2.12. The van der Waals surface area contributed by atoms with Crippen LogP contribution in [0.2, 0.25) is 0 Å². The summed E-state index contributed by atoms with van der Waals surface area (Å²) in [6.07, 6.45) is 0. The van der Waals surface area contributed by atoms with Crippen LogP contribution in [-0.2, 0) is 4.79 Å². The minimum Gasteiger partial charge on any atom is -0.341 e. The highest BCUT2D eigenvalue weighted by Crippen LogP contribution is 2.26. The van der Waals surface area contributed by atoms with Crippen LogP contribution in [0.5, 0.6) is 0 Å². The molecule has 148 valence electrons. The smallest absolute Gasteiger partial charge is 0.270 e. The van der Waals surface area contributed by atoms with E-state index in [2.05, 4.69) is 20.8 Å². The number of rotatable bonds is 6. The molecule has 0 aliphatic rings. The Kier molecular flexibility index (Phi) is 5.93. The molecular formula is C19H17N5O4S. The molecule has 2 N–H and O–H groups in total. The predicted molar refractivity (Wildman–Crippen MR) is 109 cm³/mol. The Balaban J connectivity index is 1.63. The number of carbonyl (C=O) groups excluding carboxylic acids is 2. The van der Waals surface area contributed by atoms with E-state index >= 15 is 0 Å². The van der Waals surface area contributed by atoms with Gasteiger partial charge in [-0.1, -0.05) is 41.2 Å². The van der Waals surface area contributed by atoms with Gasteiger partial charge in [0.25, 0.3) is 11.6 Å². The number of hydrogen-bond acceptors (Lipinski definition) is 7. The van der Waals surface area contributed by atoms with E-state index in [1.165, 1.54) is 36.5 Å². The zero-order chi connectivity index (χ0) is 21.0. The Bertz CT molecular complexity index is 1080. The lowest BCUT2D eigenvalue weighted by atomic mass is 10.1. The van der Waals surface area contributed by atoms with Crippen molar-refractivity contribution in [1.82, 2.24) is 15.5 Å². The molecular weight excluding hydrogens is 394 g/mol. The number of hydrogen-bond donors (Lipinski definition) is 2. The van der Waals surface area contributed by atoms with Gasteiger partial charge in [-0.3, -0.25) is 25.0 Å². The van der Waals surface area contributed by atoms with Gasteiger partial charge in [-0.05, 0) is 26.0 Å². The number of benzene rings is 2. The number of aromatic nitrogens is 2. The Labute approximate surface area is 169 Å². The fraction of sp³-hybridized carbons (Fsp3) is 0.158. The second-order valence-electron chi connectivity index (χ2n) is 6.27. The van der Waals surface area contributed by atoms with E-state index in [-0.39, 0.29) is 11.3 Å². The second-order valence-corrected chi connectivity index (χ2v) is 7.25. The Morgan fingerprint density at radius 1 is 1.14 bits per heavy atom. The van der Waals surface area contributed by atoms with E-state index in [9.17, 15) is 19.7 Å². The molecule has 0 aliphatic carbocycles. The molecule has 3 rings (SSSR count). The number of nitrogens with zero attached hydrogens (tertiary/aromatic N) is 3. The number of amides is 2. The van der Waals surface area contributed by atoms with E-state index in [4.69, 9.17) is 0 Å². The number of carbonyl (C=O) groups is 2. The average molecular weight is 411 g/mol. The maximum absolute atomic E-state index is 12.4. The van der Waals surface area contributed by atoms with Gasteiger partial charge >= 0.3 is 0 Å². The summed E-state index contributed by atoms with van der Waals surface area (Å²) in [5, 5.41) is 25.0. The van der Waals surface area contributed by atoms with Crippen LogP contribution in [0.1, 0.15) is 22.8 Å². The molecule has 0 aliphatic heterocycles. The van der Waals surface area contributed by atoms with E-state index in [0.717, 1.165) is 17.2 Å². The van der Waals surface area contributed by atoms with Crippen molar-refractivity contribution in [3.05, 3.63) is 69.8 Å². The molecule has 3 aromatic rings. The Morgan fingerprint density at radius 3 is 2.62 bits per heavy atom. The van der Waals surface area contributed by atoms with Crippen molar-refractivity contribution < 1.29 is 14.5 Å². The molecule has 0 radical (unpaired) electrons. The lowest BCUT2D eigenvalue weighted by Crippen LogP contribution is -2.41. The largest absolute Gasteiger partial charge is 0.341 e. The summed E-state index contributed by atoms with van der Waals surface area (Å²) in [6.45, 7) is 3.48. The first-order chi connectivity index (χ1) is 13.8. The maximum atomic E-state index is 12.4. The topological polar surface area (TPSA) is 127 Å². The summed E-state index contributed by atoms with van der Waals surface area (Å²) in [5.74, 6) is -1.07. The second kappa shape index (κ2) is 8.57. The molecule has 1 heterocycles. The van der Waals surface area contributed by atoms with Gasteiger partial charge in [-0.25, -0.2) is 0 Å². The van der Waals surface area contributed by atoms with Gasteiger partial charge in [0.1, 0.15) is 11.0 Å². The SMILES string of the molecule is Cc1cccc(-c2nnc(NC(=O)[C@@H](C)NC(=O)c3cccc([N+](=O)[O-])c3)s2)c1. The average Bonchev–Trinajstić information content (AvgIpc) is 3.16. The number of non-ortho nitro benzene ring substituents is 1. The number of nitrogens with one attached hydrogen (secondary N) is 2.